The predicted octanol–water partition coefficient (Wildman–Crippen LogP) is 1.29. The van der Waals surface area contributed by atoms with Crippen molar-refractivity contribution in [3.05, 3.63) is 0 Å². The van der Waals surface area contributed by atoms with Crippen molar-refractivity contribution in [2.75, 3.05) is 13.1 Å². The fourth-order valence-corrected chi connectivity index (χ4v) is 3.39. The summed E-state index contributed by atoms with van der Waals surface area (Å²) in [4.78, 5) is 12.0. The van der Waals surface area contributed by atoms with Gasteiger partial charge in [-0.25, -0.2) is 0 Å². The fourth-order valence-electron chi connectivity index (χ4n) is 3.39. The van der Waals surface area contributed by atoms with Crippen molar-refractivity contribution >= 4 is 5.91 Å². The van der Waals surface area contributed by atoms with Crippen LogP contribution in [0.25, 0.3) is 0 Å². The zero-order valence-electron chi connectivity index (χ0n) is 9.87. The maximum Gasteiger partial charge on any atom is 0.237 e. The molecule has 3 heteroatoms. The number of carbonyl (C=O) groups excluding carboxylic acids is 1. The number of fused-ring (bicyclic) bond motifs is 1. The zero-order valence-corrected chi connectivity index (χ0v) is 9.87. The highest BCUT2D eigenvalue weighted by Gasteiger charge is 2.42. The van der Waals surface area contributed by atoms with Crippen LogP contribution in [0.5, 0.6) is 0 Å². The largest absolute Gasteiger partial charge is 0.355 e. The molecule has 3 unspecified atom stereocenters. The average molecular weight is 222 g/mol. The van der Waals surface area contributed by atoms with E-state index < -0.39 is 0 Å². The van der Waals surface area contributed by atoms with Crippen molar-refractivity contribution in [1.29, 1.82) is 0 Å². The Morgan fingerprint density at radius 2 is 2.12 bits per heavy atom. The predicted molar refractivity (Wildman–Crippen MR) is 63.0 cm³/mol. The van der Waals surface area contributed by atoms with Gasteiger partial charge in [0.1, 0.15) is 0 Å². The lowest BCUT2D eigenvalue weighted by Gasteiger charge is -2.17. The third kappa shape index (κ3) is 2.10. The van der Waals surface area contributed by atoms with Crippen LogP contribution in [0.1, 0.15) is 38.5 Å². The van der Waals surface area contributed by atoms with Gasteiger partial charge in [0.2, 0.25) is 5.91 Å². The van der Waals surface area contributed by atoms with E-state index in [9.17, 15) is 4.79 Å². The highest BCUT2D eigenvalue weighted by atomic mass is 16.2. The molecule has 1 heterocycles. The molecule has 3 atom stereocenters. The van der Waals surface area contributed by atoms with E-state index in [0.29, 0.717) is 5.92 Å². The molecule has 0 spiro atoms. The van der Waals surface area contributed by atoms with E-state index in [-0.39, 0.29) is 11.9 Å². The van der Waals surface area contributed by atoms with E-state index in [1.165, 1.54) is 38.5 Å². The molecule has 3 nitrogen and oxygen atoms in total. The number of amides is 1. The van der Waals surface area contributed by atoms with Gasteiger partial charge in [0.05, 0.1) is 6.04 Å². The van der Waals surface area contributed by atoms with Gasteiger partial charge in [-0.2, -0.15) is 0 Å². The first kappa shape index (κ1) is 10.6. The van der Waals surface area contributed by atoms with Gasteiger partial charge < -0.3 is 10.6 Å². The summed E-state index contributed by atoms with van der Waals surface area (Å²) in [6.07, 6.45) is 7.84. The Bertz CT molecular complexity index is 275. The first-order chi connectivity index (χ1) is 7.84. The number of nitrogens with one attached hydrogen (secondary N) is 2. The van der Waals surface area contributed by atoms with Crippen LogP contribution in [0.4, 0.5) is 0 Å². The highest BCUT2D eigenvalue weighted by Crippen LogP contribution is 2.37. The molecule has 1 saturated heterocycles. The van der Waals surface area contributed by atoms with Gasteiger partial charge in [0.25, 0.3) is 0 Å². The molecule has 3 fully saturated rings. The Hall–Kier alpha value is -0.570. The number of carbonyl (C=O) groups is 1. The van der Waals surface area contributed by atoms with E-state index in [1.807, 2.05) is 0 Å². The highest BCUT2D eigenvalue weighted by molar-refractivity contribution is 5.82. The number of hydrogen-bond donors (Lipinski definition) is 2. The summed E-state index contributed by atoms with van der Waals surface area (Å²) >= 11 is 0. The molecule has 2 aliphatic carbocycles. The summed E-state index contributed by atoms with van der Waals surface area (Å²) in [6, 6.07) is 0.117. The molecule has 0 aromatic heterocycles. The topological polar surface area (TPSA) is 41.1 Å². The number of rotatable bonds is 4. The molecular formula is C13H22N2O. The molecule has 2 saturated carbocycles. The Kier molecular flexibility index (Phi) is 2.88. The molecule has 0 bridgehead atoms. The summed E-state index contributed by atoms with van der Waals surface area (Å²) < 4.78 is 0. The minimum absolute atomic E-state index is 0.117. The third-order valence-electron chi connectivity index (χ3n) is 4.58. The van der Waals surface area contributed by atoms with Crippen molar-refractivity contribution in [2.45, 2.75) is 44.6 Å². The van der Waals surface area contributed by atoms with Crippen molar-refractivity contribution < 1.29 is 4.79 Å². The quantitative estimate of drug-likeness (QED) is 0.752. The van der Waals surface area contributed by atoms with Crippen LogP contribution in [0.2, 0.25) is 0 Å². The summed E-state index contributed by atoms with van der Waals surface area (Å²) in [7, 11) is 0. The monoisotopic (exact) mass is 222 g/mol. The molecule has 0 aromatic rings. The Balaban J connectivity index is 1.46. The van der Waals surface area contributed by atoms with Gasteiger partial charge in [-0.05, 0) is 43.6 Å². The Morgan fingerprint density at radius 3 is 2.94 bits per heavy atom. The Morgan fingerprint density at radius 1 is 1.25 bits per heavy atom. The summed E-state index contributed by atoms with van der Waals surface area (Å²) in [5, 5.41) is 6.51. The lowest BCUT2D eigenvalue weighted by molar-refractivity contribution is -0.123. The summed E-state index contributed by atoms with van der Waals surface area (Å²) in [6.45, 7) is 1.95. The van der Waals surface area contributed by atoms with E-state index in [1.54, 1.807) is 0 Å². The first-order valence-corrected chi connectivity index (χ1v) is 6.85. The molecule has 3 rings (SSSR count). The maximum atomic E-state index is 12.0. The van der Waals surface area contributed by atoms with Crippen molar-refractivity contribution in [2.24, 2.45) is 17.8 Å². The smallest absolute Gasteiger partial charge is 0.237 e. The molecular weight excluding hydrogens is 200 g/mol. The van der Waals surface area contributed by atoms with Gasteiger partial charge in [-0.1, -0.05) is 19.3 Å². The summed E-state index contributed by atoms with van der Waals surface area (Å²) in [5.41, 5.74) is 0. The molecule has 16 heavy (non-hydrogen) atoms. The van der Waals surface area contributed by atoms with Crippen LogP contribution in [0.15, 0.2) is 0 Å². The van der Waals surface area contributed by atoms with Crippen LogP contribution < -0.4 is 10.6 Å². The summed E-state index contributed by atoms with van der Waals surface area (Å²) in [5.74, 6) is 2.58. The lowest BCUT2D eigenvalue weighted by atomic mass is 9.93. The molecule has 1 aliphatic heterocycles. The second-order valence-electron chi connectivity index (χ2n) is 5.76. The first-order valence-electron chi connectivity index (χ1n) is 6.85. The lowest BCUT2D eigenvalue weighted by Crippen LogP contribution is -2.44. The van der Waals surface area contributed by atoms with Crippen molar-refractivity contribution in [3.8, 4) is 0 Å². The van der Waals surface area contributed by atoms with Crippen molar-refractivity contribution in [1.82, 2.24) is 10.6 Å². The Labute approximate surface area is 97.4 Å². The minimum atomic E-state index is 0.117. The van der Waals surface area contributed by atoms with E-state index >= 15 is 0 Å². The van der Waals surface area contributed by atoms with E-state index in [0.717, 1.165) is 24.9 Å². The number of hydrogen-bond acceptors (Lipinski definition) is 2. The molecule has 0 aromatic carbocycles. The van der Waals surface area contributed by atoms with Crippen LogP contribution in [-0.2, 0) is 4.79 Å². The minimum Gasteiger partial charge on any atom is -0.355 e. The van der Waals surface area contributed by atoms with Crippen LogP contribution in [0.3, 0.4) is 0 Å². The SMILES string of the molecule is O=C(NCCC1CC1)C1NCC2CCCC21. The molecule has 3 aliphatic rings. The van der Waals surface area contributed by atoms with Gasteiger partial charge in [-0.15, -0.1) is 0 Å². The second kappa shape index (κ2) is 4.36. The van der Waals surface area contributed by atoms with E-state index in [4.69, 9.17) is 0 Å². The van der Waals surface area contributed by atoms with Gasteiger partial charge >= 0.3 is 0 Å². The third-order valence-corrected chi connectivity index (χ3v) is 4.58. The van der Waals surface area contributed by atoms with Gasteiger partial charge in [0, 0.05) is 6.54 Å². The van der Waals surface area contributed by atoms with Crippen LogP contribution >= 0.6 is 0 Å². The molecule has 0 radical (unpaired) electrons. The fraction of sp³-hybridized carbons (Fsp3) is 0.923. The van der Waals surface area contributed by atoms with Gasteiger partial charge in [0.15, 0.2) is 0 Å². The molecule has 1 amide bonds. The zero-order chi connectivity index (χ0) is 11.0. The van der Waals surface area contributed by atoms with Crippen LogP contribution in [-0.4, -0.2) is 25.0 Å². The van der Waals surface area contributed by atoms with E-state index in [2.05, 4.69) is 10.6 Å². The molecule has 90 valence electrons. The molecule has 2 N–H and O–H groups in total. The van der Waals surface area contributed by atoms with Gasteiger partial charge in [-0.3, -0.25) is 4.79 Å². The van der Waals surface area contributed by atoms with Crippen molar-refractivity contribution in [3.63, 3.8) is 0 Å². The maximum absolute atomic E-state index is 12.0. The van der Waals surface area contributed by atoms with Crippen LogP contribution in [0, 0.1) is 17.8 Å². The second-order valence-corrected chi connectivity index (χ2v) is 5.76. The average Bonchev–Trinajstić information content (AvgIpc) is 2.83. The normalized spacial score (nSPS) is 37.4. The standard InChI is InChI=1S/C13H22N2O/c16-13(14-7-6-9-4-5-9)12-11-3-1-2-10(11)8-15-12/h9-12,15H,1-8H2,(H,14,16).